The number of morpholine rings is 1. The molecule has 33 heavy (non-hydrogen) atoms. The highest BCUT2D eigenvalue weighted by Crippen LogP contribution is 2.29. The molecule has 3 aromatic rings. The van der Waals surface area contributed by atoms with Crippen molar-refractivity contribution in [2.45, 2.75) is 30.8 Å². The molecule has 1 saturated heterocycles. The summed E-state index contributed by atoms with van der Waals surface area (Å²) in [4.78, 5) is 24.0. The lowest BCUT2D eigenvalue weighted by Crippen LogP contribution is -2.37. The van der Waals surface area contributed by atoms with Gasteiger partial charge in [0.1, 0.15) is 11.6 Å². The summed E-state index contributed by atoms with van der Waals surface area (Å²) in [5.41, 5.74) is 0.765. The third-order valence-corrected chi connectivity index (χ3v) is 6.05. The first-order valence-electron chi connectivity index (χ1n) is 10.9. The molecule has 0 bridgehead atoms. The van der Waals surface area contributed by atoms with Crippen molar-refractivity contribution in [3.8, 4) is 5.75 Å². The maximum atomic E-state index is 12.2. The molecule has 1 aromatic carbocycles. The van der Waals surface area contributed by atoms with E-state index >= 15 is 0 Å². The van der Waals surface area contributed by atoms with Crippen molar-refractivity contribution in [2.24, 2.45) is 0 Å². The van der Waals surface area contributed by atoms with Crippen molar-refractivity contribution in [1.29, 1.82) is 0 Å². The number of nitrogens with one attached hydrogen (secondary N) is 1. The van der Waals surface area contributed by atoms with E-state index in [2.05, 4.69) is 29.2 Å². The number of aromatic nitrogens is 4. The molecule has 1 amide bonds. The second-order valence-corrected chi connectivity index (χ2v) is 9.77. The maximum Gasteiger partial charge on any atom is 0.258 e. The zero-order valence-corrected chi connectivity index (χ0v) is 20.2. The van der Waals surface area contributed by atoms with Crippen LogP contribution in [0.15, 0.2) is 35.6 Å². The number of thioether (sulfide) groups is 1. The minimum Gasteiger partial charge on any atom is -0.484 e. The summed E-state index contributed by atoms with van der Waals surface area (Å²) >= 11 is 7.48. The monoisotopic (exact) mass is 490 g/mol. The molecule has 176 valence electrons. The Hall–Kier alpha value is -2.56. The number of benzene rings is 1. The predicted octanol–water partition coefficient (Wildman–Crippen LogP) is 3.01. The van der Waals surface area contributed by atoms with E-state index in [1.807, 2.05) is 4.68 Å². The first-order valence-corrected chi connectivity index (χ1v) is 12.1. The van der Waals surface area contributed by atoms with Gasteiger partial charge < -0.3 is 19.7 Å². The molecule has 0 saturated carbocycles. The number of carbonyl (C=O) groups excluding carboxylic acids is 1. The molecule has 0 aliphatic carbocycles. The molecule has 0 atom stereocenters. The van der Waals surface area contributed by atoms with Gasteiger partial charge in [0.25, 0.3) is 5.91 Å². The molecular weight excluding hydrogens is 464 g/mol. The van der Waals surface area contributed by atoms with Gasteiger partial charge in [-0.05, 0) is 24.3 Å². The molecule has 3 heterocycles. The van der Waals surface area contributed by atoms with Gasteiger partial charge in [-0.1, -0.05) is 37.2 Å². The van der Waals surface area contributed by atoms with E-state index in [0.717, 1.165) is 35.1 Å². The minimum absolute atomic E-state index is 0.0694. The fourth-order valence-corrected chi connectivity index (χ4v) is 4.22. The van der Waals surface area contributed by atoms with Crippen LogP contribution in [0.2, 0.25) is 5.02 Å². The Morgan fingerprint density at radius 3 is 2.73 bits per heavy atom. The van der Waals surface area contributed by atoms with Gasteiger partial charge in [0, 0.05) is 29.9 Å². The van der Waals surface area contributed by atoms with Crippen LogP contribution >= 0.6 is 23.4 Å². The first kappa shape index (κ1) is 23.6. The highest BCUT2D eigenvalue weighted by Gasteiger charge is 2.20. The Morgan fingerprint density at radius 1 is 1.24 bits per heavy atom. The summed E-state index contributed by atoms with van der Waals surface area (Å²) in [6.45, 7) is 7.98. The van der Waals surface area contributed by atoms with Crippen molar-refractivity contribution in [3.05, 3.63) is 35.5 Å². The highest BCUT2D eigenvalue weighted by atomic mass is 35.5. The van der Waals surface area contributed by atoms with E-state index in [9.17, 15) is 4.79 Å². The topological polar surface area (TPSA) is 94.4 Å². The molecule has 0 unspecified atom stereocenters. The summed E-state index contributed by atoms with van der Waals surface area (Å²) in [6, 6.07) is 6.89. The van der Waals surface area contributed by atoms with Crippen LogP contribution in [0.3, 0.4) is 0 Å². The summed E-state index contributed by atoms with van der Waals surface area (Å²) in [5, 5.41) is 9.99. The number of nitrogens with zero attached hydrogens (tertiary/aromatic N) is 5. The Labute approximate surface area is 201 Å². The smallest absolute Gasteiger partial charge is 0.258 e. The van der Waals surface area contributed by atoms with Crippen LogP contribution in [-0.4, -0.2) is 70.4 Å². The van der Waals surface area contributed by atoms with E-state index in [1.54, 1.807) is 42.2 Å². The van der Waals surface area contributed by atoms with Gasteiger partial charge in [-0.15, -0.1) is 0 Å². The van der Waals surface area contributed by atoms with Crippen LogP contribution in [0, 0.1) is 0 Å². The average molecular weight is 491 g/mol. The third-order valence-electron chi connectivity index (χ3n) is 4.94. The van der Waals surface area contributed by atoms with Crippen LogP contribution < -0.4 is 15.0 Å². The summed E-state index contributed by atoms with van der Waals surface area (Å²) in [6.07, 6.45) is 1.80. The van der Waals surface area contributed by atoms with Crippen LogP contribution in [-0.2, 0) is 16.1 Å². The Morgan fingerprint density at radius 2 is 2.00 bits per heavy atom. The fraction of sp³-hybridized carbons (Fsp3) is 0.455. The quantitative estimate of drug-likeness (QED) is 0.361. The van der Waals surface area contributed by atoms with Crippen LogP contribution in [0.1, 0.15) is 13.8 Å². The number of anilines is 1. The number of rotatable bonds is 9. The normalized spacial score (nSPS) is 14.1. The number of fused-ring (bicyclic) bond motifs is 1. The zero-order chi connectivity index (χ0) is 23.2. The molecule has 0 spiro atoms. The number of amides is 1. The highest BCUT2D eigenvalue weighted by molar-refractivity contribution is 7.99. The predicted molar refractivity (Wildman–Crippen MR) is 129 cm³/mol. The van der Waals surface area contributed by atoms with Gasteiger partial charge in [-0.25, -0.2) is 14.6 Å². The van der Waals surface area contributed by atoms with E-state index in [-0.39, 0.29) is 12.5 Å². The van der Waals surface area contributed by atoms with Crippen LogP contribution in [0.5, 0.6) is 5.75 Å². The molecule has 1 N–H and O–H groups in total. The Balaban J connectivity index is 1.41. The van der Waals surface area contributed by atoms with Crippen LogP contribution in [0.4, 0.5) is 5.82 Å². The SMILES string of the molecule is CC(C)Sc1nc(N2CCOCC2)c2cnn(CCNC(=O)COc3ccc(Cl)cc3)c2n1. The fourth-order valence-electron chi connectivity index (χ4n) is 3.40. The zero-order valence-electron chi connectivity index (χ0n) is 18.7. The molecule has 4 rings (SSSR count). The van der Waals surface area contributed by atoms with Crippen molar-refractivity contribution >= 4 is 46.1 Å². The Kier molecular flexibility index (Phi) is 7.89. The van der Waals surface area contributed by atoms with E-state index < -0.39 is 0 Å². The molecule has 1 aliphatic rings. The summed E-state index contributed by atoms with van der Waals surface area (Å²) in [5.74, 6) is 1.27. The maximum absolute atomic E-state index is 12.2. The molecule has 0 radical (unpaired) electrons. The Bertz CT molecular complexity index is 1090. The number of carbonyl (C=O) groups is 1. The molecule has 9 nitrogen and oxygen atoms in total. The number of hydrogen-bond donors (Lipinski definition) is 1. The third kappa shape index (κ3) is 6.27. The first-order chi connectivity index (χ1) is 16.0. The van der Waals surface area contributed by atoms with Gasteiger partial charge >= 0.3 is 0 Å². The van der Waals surface area contributed by atoms with Gasteiger partial charge in [-0.2, -0.15) is 5.10 Å². The van der Waals surface area contributed by atoms with Crippen molar-refractivity contribution < 1.29 is 14.3 Å². The standard InChI is InChI=1S/C22H27ClN6O3S/c1-15(2)33-22-26-20(28-9-11-31-12-10-28)18-13-25-29(21(18)27-22)8-7-24-19(30)14-32-17-5-3-16(23)4-6-17/h3-6,13,15H,7-12,14H2,1-2H3,(H,24,30). The van der Waals surface area contributed by atoms with E-state index in [4.69, 9.17) is 31.0 Å². The number of hydrogen-bond acceptors (Lipinski definition) is 8. The van der Waals surface area contributed by atoms with E-state index in [0.29, 0.717) is 42.3 Å². The number of ether oxygens (including phenoxy) is 2. The van der Waals surface area contributed by atoms with Gasteiger partial charge in [0.2, 0.25) is 0 Å². The molecule has 1 fully saturated rings. The average Bonchev–Trinajstić information content (AvgIpc) is 3.21. The minimum atomic E-state index is -0.207. The largest absolute Gasteiger partial charge is 0.484 e. The molecule has 11 heteroatoms. The second kappa shape index (κ2) is 11.0. The lowest BCUT2D eigenvalue weighted by Gasteiger charge is -2.28. The number of halogens is 1. The molecular formula is C22H27ClN6O3S. The van der Waals surface area contributed by atoms with E-state index in [1.165, 1.54) is 0 Å². The van der Waals surface area contributed by atoms with Gasteiger partial charge in [0.15, 0.2) is 17.4 Å². The lowest BCUT2D eigenvalue weighted by atomic mass is 10.3. The molecule has 1 aliphatic heterocycles. The molecule has 2 aromatic heterocycles. The van der Waals surface area contributed by atoms with Crippen molar-refractivity contribution in [2.75, 3.05) is 44.4 Å². The van der Waals surface area contributed by atoms with Gasteiger partial charge in [0.05, 0.1) is 31.3 Å². The van der Waals surface area contributed by atoms with Crippen molar-refractivity contribution in [1.82, 2.24) is 25.1 Å². The second-order valence-electron chi connectivity index (χ2n) is 7.79. The summed E-state index contributed by atoms with van der Waals surface area (Å²) in [7, 11) is 0. The van der Waals surface area contributed by atoms with Gasteiger partial charge in [-0.3, -0.25) is 4.79 Å². The summed E-state index contributed by atoms with van der Waals surface area (Å²) < 4.78 is 12.8. The van der Waals surface area contributed by atoms with Crippen molar-refractivity contribution in [3.63, 3.8) is 0 Å². The van der Waals surface area contributed by atoms with Crippen LogP contribution in [0.25, 0.3) is 11.0 Å². The lowest BCUT2D eigenvalue weighted by molar-refractivity contribution is -0.123.